The zero-order valence-electron chi connectivity index (χ0n) is 19.9. The Kier molecular flexibility index (Phi) is 6.13. The van der Waals surface area contributed by atoms with Gasteiger partial charge < -0.3 is 27.8 Å². The third-order valence-corrected chi connectivity index (χ3v) is 5.82. The van der Waals surface area contributed by atoms with Gasteiger partial charge in [-0.15, -0.1) is 10.2 Å². The van der Waals surface area contributed by atoms with Gasteiger partial charge in [0.2, 0.25) is 18.6 Å². The molecule has 4 aromatic rings. The molecule has 35 heavy (non-hydrogen) atoms. The zero-order valence-corrected chi connectivity index (χ0v) is 19.9. The summed E-state index contributed by atoms with van der Waals surface area (Å²) in [7, 11) is 0. The van der Waals surface area contributed by atoms with Crippen LogP contribution in [0.5, 0.6) is 11.5 Å². The van der Waals surface area contributed by atoms with Crippen LogP contribution in [-0.2, 0) is 11.3 Å². The van der Waals surface area contributed by atoms with Gasteiger partial charge in [0.05, 0.1) is 12.8 Å². The lowest BCUT2D eigenvalue weighted by atomic mass is 10.2. The Morgan fingerprint density at radius 2 is 2.00 bits per heavy atom. The molecule has 0 aliphatic carbocycles. The lowest BCUT2D eigenvalue weighted by Gasteiger charge is -2.18. The minimum Gasteiger partial charge on any atom is -0.459 e. The number of hydrogen-bond donors (Lipinski definition) is 0. The van der Waals surface area contributed by atoms with Gasteiger partial charge in [0, 0.05) is 35.8 Å². The van der Waals surface area contributed by atoms with Crippen molar-refractivity contribution in [2.75, 3.05) is 13.3 Å². The molecule has 9 nitrogen and oxygen atoms in total. The Balaban J connectivity index is 1.32. The summed E-state index contributed by atoms with van der Waals surface area (Å²) in [5, 5.41) is 8.08. The van der Waals surface area contributed by atoms with Crippen molar-refractivity contribution in [3.05, 3.63) is 71.6 Å². The molecule has 4 heterocycles. The van der Waals surface area contributed by atoms with Crippen molar-refractivity contribution in [1.82, 2.24) is 19.7 Å². The molecule has 3 aromatic heterocycles. The summed E-state index contributed by atoms with van der Waals surface area (Å²) in [6.45, 7) is 7.11. The summed E-state index contributed by atoms with van der Waals surface area (Å²) in [6.07, 6.45) is 5.78. The number of furan rings is 1. The third kappa shape index (κ3) is 4.57. The van der Waals surface area contributed by atoms with Crippen LogP contribution < -0.4 is 9.47 Å². The Hall–Kier alpha value is -4.27. The van der Waals surface area contributed by atoms with E-state index in [1.807, 2.05) is 45.0 Å². The first-order valence-corrected chi connectivity index (χ1v) is 11.5. The fourth-order valence-corrected chi connectivity index (χ4v) is 4.16. The highest BCUT2D eigenvalue weighted by Gasteiger charge is 2.18. The summed E-state index contributed by atoms with van der Waals surface area (Å²) in [4.78, 5) is 14.7. The van der Waals surface area contributed by atoms with Crippen molar-refractivity contribution in [3.63, 3.8) is 0 Å². The molecule has 0 saturated heterocycles. The Bertz CT molecular complexity index is 1370. The first-order valence-electron chi connectivity index (χ1n) is 11.5. The number of fused-ring (bicyclic) bond motifs is 1. The third-order valence-electron chi connectivity index (χ3n) is 5.82. The number of nitrogens with zero attached hydrogens (tertiary/aromatic N) is 4. The molecule has 0 radical (unpaired) electrons. The molecule has 1 aliphatic heterocycles. The van der Waals surface area contributed by atoms with Crippen LogP contribution in [-0.4, -0.2) is 38.9 Å². The van der Waals surface area contributed by atoms with E-state index in [2.05, 4.69) is 20.8 Å². The average molecular weight is 475 g/mol. The summed E-state index contributed by atoms with van der Waals surface area (Å²) in [5.41, 5.74) is 4.01. The van der Waals surface area contributed by atoms with E-state index in [9.17, 15) is 4.79 Å². The zero-order chi connectivity index (χ0) is 24.4. The SMILES string of the molecule is CCCN(Cc1nnc(-c2ccco2)o1)C(=O)/C=C/c1cc(C)n(-c2ccc3c(c2)OCO3)c1C. The van der Waals surface area contributed by atoms with Crippen molar-refractivity contribution in [2.45, 2.75) is 33.7 Å². The minimum absolute atomic E-state index is 0.127. The van der Waals surface area contributed by atoms with Crippen LogP contribution >= 0.6 is 0 Å². The van der Waals surface area contributed by atoms with Crippen LogP contribution in [0.3, 0.4) is 0 Å². The number of hydrogen-bond acceptors (Lipinski definition) is 7. The van der Waals surface area contributed by atoms with Gasteiger partial charge in [-0.25, -0.2) is 0 Å². The molecule has 0 saturated carbocycles. The van der Waals surface area contributed by atoms with E-state index in [1.54, 1.807) is 29.4 Å². The lowest BCUT2D eigenvalue weighted by Crippen LogP contribution is -2.29. The van der Waals surface area contributed by atoms with E-state index in [-0.39, 0.29) is 19.2 Å². The maximum Gasteiger partial charge on any atom is 0.283 e. The van der Waals surface area contributed by atoms with E-state index >= 15 is 0 Å². The van der Waals surface area contributed by atoms with Crippen molar-refractivity contribution in [2.24, 2.45) is 0 Å². The largest absolute Gasteiger partial charge is 0.459 e. The number of benzene rings is 1. The number of carbonyl (C=O) groups excluding carboxylic acids is 1. The van der Waals surface area contributed by atoms with Crippen molar-refractivity contribution >= 4 is 12.0 Å². The minimum atomic E-state index is -0.127. The maximum absolute atomic E-state index is 13.0. The summed E-state index contributed by atoms with van der Waals surface area (Å²) < 4.78 is 24.0. The summed E-state index contributed by atoms with van der Waals surface area (Å²) >= 11 is 0. The van der Waals surface area contributed by atoms with Crippen LogP contribution in [0, 0.1) is 13.8 Å². The van der Waals surface area contributed by atoms with Crippen LogP contribution in [0.15, 0.2) is 57.6 Å². The average Bonchev–Trinajstić information content (AvgIpc) is 3.64. The summed E-state index contributed by atoms with van der Waals surface area (Å²) in [5.74, 6) is 2.49. The molecule has 5 rings (SSSR count). The standard InChI is InChI=1S/C26H26N4O5/c1-4-11-29(15-24-27-28-26(35-24)22-6-5-12-32-22)25(31)10-7-19-13-17(2)30(18(19)3)20-8-9-21-23(14-20)34-16-33-21/h5-10,12-14H,4,11,15-16H2,1-3H3/b10-7+. The van der Waals surface area contributed by atoms with E-state index in [4.69, 9.17) is 18.3 Å². The molecule has 0 unspecified atom stereocenters. The molecule has 0 fully saturated rings. The number of amides is 1. The molecular weight excluding hydrogens is 448 g/mol. The van der Waals surface area contributed by atoms with Crippen molar-refractivity contribution in [1.29, 1.82) is 0 Å². The number of aryl methyl sites for hydroxylation is 1. The second-order valence-corrected chi connectivity index (χ2v) is 8.27. The molecular formula is C26H26N4O5. The summed E-state index contributed by atoms with van der Waals surface area (Å²) in [6, 6.07) is 11.4. The first-order chi connectivity index (χ1) is 17.0. The predicted octanol–water partition coefficient (Wildman–Crippen LogP) is 4.92. The van der Waals surface area contributed by atoms with Crippen molar-refractivity contribution < 1.29 is 23.1 Å². The molecule has 0 spiro atoms. The number of aromatic nitrogens is 3. The van der Waals surface area contributed by atoms with Gasteiger partial charge in [0.1, 0.15) is 0 Å². The molecule has 0 N–H and O–H groups in total. The Morgan fingerprint density at radius 1 is 1.14 bits per heavy atom. The van der Waals surface area contributed by atoms with Crippen LogP contribution in [0.1, 0.15) is 36.2 Å². The predicted molar refractivity (Wildman–Crippen MR) is 128 cm³/mol. The first kappa shape index (κ1) is 22.5. The lowest BCUT2D eigenvalue weighted by molar-refractivity contribution is -0.126. The van der Waals surface area contributed by atoms with Crippen LogP contribution in [0.25, 0.3) is 23.4 Å². The maximum atomic E-state index is 13.0. The van der Waals surface area contributed by atoms with Gasteiger partial charge in [0.25, 0.3) is 5.89 Å². The highest BCUT2D eigenvalue weighted by molar-refractivity contribution is 5.92. The topological polar surface area (TPSA) is 95.8 Å². The van der Waals surface area contributed by atoms with Gasteiger partial charge in [-0.2, -0.15) is 0 Å². The van der Waals surface area contributed by atoms with E-state index in [0.29, 0.717) is 24.1 Å². The highest BCUT2D eigenvalue weighted by Crippen LogP contribution is 2.35. The highest BCUT2D eigenvalue weighted by atomic mass is 16.7. The molecule has 1 aromatic carbocycles. The van der Waals surface area contributed by atoms with Gasteiger partial charge in [-0.1, -0.05) is 6.92 Å². The van der Waals surface area contributed by atoms with Crippen LogP contribution in [0.4, 0.5) is 0 Å². The second-order valence-electron chi connectivity index (χ2n) is 8.27. The molecule has 180 valence electrons. The number of carbonyl (C=O) groups is 1. The quantitative estimate of drug-likeness (QED) is 0.335. The van der Waals surface area contributed by atoms with E-state index < -0.39 is 0 Å². The fraction of sp³-hybridized carbons (Fsp3) is 0.269. The monoisotopic (exact) mass is 474 g/mol. The molecule has 0 atom stereocenters. The van der Waals surface area contributed by atoms with Gasteiger partial charge >= 0.3 is 0 Å². The van der Waals surface area contributed by atoms with Gasteiger partial charge in [-0.3, -0.25) is 4.79 Å². The van der Waals surface area contributed by atoms with Gasteiger partial charge in [-0.05, 0) is 62.2 Å². The smallest absolute Gasteiger partial charge is 0.283 e. The molecule has 0 bridgehead atoms. The van der Waals surface area contributed by atoms with Crippen LogP contribution in [0.2, 0.25) is 0 Å². The van der Waals surface area contributed by atoms with Crippen molar-refractivity contribution in [3.8, 4) is 28.8 Å². The fourth-order valence-electron chi connectivity index (χ4n) is 4.16. The Morgan fingerprint density at radius 3 is 2.80 bits per heavy atom. The second kappa shape index (κ2) is 9.54. The number of ether oxygens (including phenoxy) is 2. The van der Waals surface area contributed by atoms with E-state index in [1.165, 1.54) is 0 Å². The van der Waals surface area contributed by atoms with Gasteiger partial charge in [0.15, 0.2) is 17.3 Å². The molecule has 1 amide bonds. The Labute approximate surface area is 202 Å². The molecule has 1 aliphatic rings. The normalized spacial score (nSPS) is 12.5. The molecule has 9 heteroatoms. The van der Waals surface area contributed by atoms with E-state index in [0.717, 1.165) is 40.6 Å². The number of rotatable bonds is 8.